The van der Waals surface area contributed by atoms with Crippen molar-refractivity contribution in [1.82, 2.24) is 4.90 Å². The Hall–Kier alpha value is -2.28. The highest BCUT2D eigenvalue weighted by molar-refractivity contribution is 5.95. The number of alkyl halides is 3. The van der Waals surface area contributed by atoms with Crippen LogP contribution in [0.1, 0.15) is 23.2 Å². The van der Waals surface area contributed by atoms with Crippen molar-refractivity contribution in [1.29, 1.82) is 0 Å². The van der Waals surface area contributed by atoms with Crippen molar-refractivity contribution in [2.75, 3.05) is 13.1 Å². The highest BCUT2D eigenvalue weighted by atomic mass is 19.4. The van der Waals surface area contributed by atoms with Gasteiger partial charge in [0.1, 0.15) is 0 Å². The van der Waals surface area contributed by atoms with Gasteiger partial charge in [0.25, 0.3) is 5.91 Å². The van der Waals surface area contributed by atoms with Gasteiger partial charge in [0.2, 0.25) is 0 Å². The Labute approximate surface area is 136 Å². The monoisotopic (exact) mass is 339 g/mol. The highest BCUT2D eigenvalue weighted by Crippen LogP contribution is 2.38. The van der Waals surface area contributed by atoms with Gasteiger partial charge >= 0.3 is 6.18 Å². The van der Waals surface area contributed by atoms with Crippen LogP contribution in [-0.4, -0.2) is 40.8 Å². The van der Waals surface area contributed by atoms with Gasteiger partial charge in [-0.05, 0) is 23.8 Å². The molecule has 1 aromatic heterocycles. The quantitative estimate of drug-likeness (QED) is 0.911. The Morgan fingerprint density at radius 3 is 2.46 bits per heavy atom. The van der Waals surface area contributed by atoms with Gasteiger partial charge in [0.05, 0.1) is 12.5 Å². The van der Waals surface area contributed by atoms with Gasteiger partial charge in [-0.15, -0.1) is 0 Å². The van der Waals surface area contributed by atoms with E-state index in [2.05, 4.69) is 0 Å². The zero-order valence-electron chi connectivity index (χ0n) is 12.7. The van der Waals surface area contributed by atoms with Gasteiger partial charge in [-0.2, -0.15) is 13.2 Å². The average Bonchev–Trinajstić information content (AvgIpc) is 3.08. The summed E-state index contributed by atoms with van der Waals surface area (Å²) in [5, 5.41) is 9.67. The lowest BCUT2D eigenvalue weighted by Crippen LogP contribution is -2.54. The lowest BCUT2D eigenvalue weighted by molar-refractivity contribution is -0.271. The van der Waals surface area contributed by atoms with Crippen LogP contribution < -0.4 is 0 Å². The van der Waals surface area contributed by atoms with E-state index in [4.69, 9.17) is 4.42 Å². The molecule has 1 saturated heterocycles. The molecule has 0 aliphatic carbocycles. The van der Waals surface area contributed by atoms with Crippen molar-refractivity contribution in [2.24, 2.45) is 0 Å². The molecule has 24 heavy (non-hydrogen) atoms. The normalized spacial score (nSPS) is 17.8. The molecule has 1 aliphatic rings. The first-order valence-electron chi connectivity index (χ1n) is 7.51. The smallest absolute Gasteiger partial charge is 0.417 e. The molecule has 3 rings (SSSR count). The van der Waals surface area contributed by atoms with Crippen LogP contribution in [0.15, 0.2) is 47.3 Å². The Balaban J connectivity index is 1.74. The van der Waals surface area contributed by atoms with Crippen LogP contribution >= 0.6 is 0 Å². The number of rotatable bonds is 2. The molecule has 1 N–H and O–H groups in total. The number of piperidine rings is 1. The molecule has 1 aromatic carbocycles. The number of furan rings is 1. The Kier molecular flexibility index (Phi) is 4.13. The first-order valence-corrected chi connectivity index (χ1v) is 7.51. The molecule has 1 amide bonds. The molecule has 1 fully saturated rings. The highest BCUT2D eigenvalue weighted by Gasteiger charge is 2.54. The van der Waals surface area contributed by atoms with Crippen molar-refractivity contribution in [2.45, 2.75) is 24.6 Å². The Morgan fingerprint density at radius 1 is 1.17 bits per heavy atom. The molecular formula is C17H16F3NO3. The number of likely N-dealkylation sites (tertiary alicyclic amines) is 1. The maximum Gasteiger partial charge on any atom is 0.417 e. The standard InChI is InChI=1S/C17H16F3NO3/c18-17(19,20)16(23)5-7-21(8-6-16)15(22)13-3-1-2-12(10-13)14-4-9-24-11-14/h1-4,9-11,23H,5-8H2. The maximum absolute atomic E-state index is 12.8. The van der Waals surface area contributed by atoms with E-state index in [1.54, 1.807) is 30.5 Å². The van der Waals surface area contributed by atoms with Crippen molar-refractivity contribution < 1.29 is 27.5 Å². The lowest BCUT2D eigenvalue weighted by Gasteiger charge is -2.39. The minimum Gasteiger partial charge on any atom is -0.472 e. The molecule has 0 radical (unpaired) electrons. The number of hydrogen-bond acceptors (Lipinski definition) is 3. The second-order valence-electron chi connectivity index (χ2n) is 5.91. The molecule has 7 heteroatoms. The van der Waals surface area contributed by atoms with E-state index in [1.807, 2.05) is 6.07 Å². The molecule has 0 unspecified atom stereocenters. The lowest BCUT2D eigenvalue weighted by atomic mass is 9.90. The zero-order chi connectivity index (χ0) is 17.4. The van der Waals surface area contributed by atoms with Crippen LogP contribution in [0.3, 0.4) is 0 Å². The zero-order valence-corrected chi connectivity index (χ0v) is 12.7. The van der Waals surface area contributed by atoms with E-state index in [-0.39, 0.29) is 19.0 Å². The number of benzene rings is 1. The second-order valence-corrected chi connectivity index (χ2v) is 5.91. The van der Waals surface area contributed by atoms with Gasteiger partial charge in [0, 0.05) is 37.1 Å². The SMILES string of the molecule is O=C(c1cccc(-c2ccoc2)c1)N1CCC(O)(C(F)(F)F)CC1. The Morgan fingerprint density at radius 2 is 1.88 bits per heavy atom. The molecular weight excluding hydrogens is 323 g/mol. The van der Waals surface area contributed by atoms with E-state index >= 15 is 0 Å². The van der Waals surface area contributed by atoms with Gasteiger partial charge < -0.3 is 14.4 Å². The minimum absolute atomic E-state index is 0.134. The van der Waals surface area contributed by atoms with Crippen molar-refractivity contribution >= 4 is 5.91 Å². The number of aliphatic hydroxyl groups is 1. The van der Waals surface area contributed by atoms with E-state index < -0.39 is 24.6 Å². The third-order valence-electron chi connectivity index (χ3n) is 4.37. The molecule has 0 saturated carbocycles. The summed E-state index contributed by atoms with van der Waals surface area (Å²) in [6.07, 6.45) is -2.63. The number of carbonyl (C=O) groups excluding carboxylic acids is 1. The summed E-state index contributed by atoms with van der Waals surface area (Å²) in [5.41, 5.74) is -0.707. The number of amides is 1. The van der Waals surface area contributed by atoms with Crippen molar-refractivity contribution in [3.8, 4) is 11.1 Å². The van der Waals surface area contributed by atoms with Crippen LogP contribution in [-0.2, 0) is 0 Å². The predicted molar refractivity (Wildman–Crippen MR) is 80.3 cm³/mol. The second kappa shape index (κ2) is 5.98. The molecule has 128 valence electrons. The molecule has 0 atom stereocenters. The molecule has 0 spiro atoms. The van der Waals surface area contributed by atoms with Crippen LogP contribution in [0.4, 0.5) is 13.2 Å². The van der Waals surface area contributed by atoms with Gasteiger partial charge in [-0.3, -0.25) is 4.79 Å². The Bertz CT molecular complexity index is 717. The number of nitrogens with zero attached hydrogens (tertiary/aromatic N) is 1. The number of hydrogen-bond donors (Lipinski definition) is 1. The fourth-order valence-corrected chi connectivity index (χ4v) is 2.81. The largest absolute Gasteiger partial charge is 0.472 e. The topological polar surface area (TPSA) is 53.7 Å². The summed E-state index contributed by atoms with van der Waals surface area (Å²) >= 11 is 0. The summed E-state index contributed by atoms with van der Waals surface area (Å²) < 4.78 is 43.5. The van der Waals surface area contributed by atoms with E-state index in [1.165, 1.54) is 11.2 Å². The summed E-state index contributed by atoms with van der Waals surface area (Å²) in [6, 6.07) is 8.59. The summed E-state index contributed by atoms with van der Waals surface area (Å²) in [4.78, 5) is 13.9. The molecule has 0 bridgehead atoms. The summed E-state index contributed by atoms with van der Waals surface area (Å²) in [5.74, 6) is -0.343. The van der Waals surface area contributed by atoms with Crippen LogP contribution in [0.2, 0.25) is 0 Å². The van der Waals surface area contributed by atoms with Gasteiger partial charge in [-0.25, -0.2) is 0 Å². The molecule has 1 aliphatic heterocycles. The van der Waals surface area contributed by atoms with Gasteiger partial charge in [-0.1, -0.05) is 12.1 Å². The first kappa shape index (κ1) is 16.6. The number of carbonyl (C=O) groups is 1. The maximum atomic E-state index is 12.8. The third kappa shape index (κ3) is 3.03. The summed E-state index contributed by atoms with van der Waals surface area (Å²) in [7, 11) is 0. The van der Waals surface area contributed by atoms with Crippen LogP contribution in [0.25, 0.3) is 11.1 Å². The van der Waals surface area contributed by atoms with E-state index in [0.717, 1.165) is 11.1 Å². The minimum atomic E-state index is -4.68. The van der Waals surface area contributed by atoms with E-state index in [9.17, 15) is 23.1 Å². The molecule has 2 heterocycles. The molecule has 4 nitrogen and oxygen atoms in total. The van der Waals surface area contributed by atoms with Crippen LogP contribution in [0, 0.1) is 0 Å². The third-order valence-corrected chi connectivity index (χ3v) is 4.37. The fraction of sp³-hybridized carbons (Fsp3) is 0.353. The van der Waals surface area contributed by atoms with Gasteiger partial charge in [0.15, 0.2) is 5.60 Å². The molecule has 2 aromatic rings. The van der Waals surface area contributed by atoms with Crippen molar-refractivity contribution in [3.63, 3.8) is 0 Å². The van der Waals surface area contributed by atoms with E-state index in [0.29, 0.717) is 5.56 Å². The summed E-state index contributed by atoms with van der Waals surface area (Å²) in [6.45, 7) is -0.268. The number of halogens is 3. The fourth-order valence-electron chi connectivity index (χ4n) is 2.81. The van der Waals surface area contributed by atoms with Crippen molar-refractivity contribution in [3.05, 3.63) is 48.4 Å². The van der Waals surface area contributed by atoms with Crippen LogP contribution in [0.5, 0.6) is 0 Å². The predicted octanol–water partition coefficient (Wildman–Crippen LogP) is 3.48. The average molecular weight is 339 g/mol. The first-order chi connectivity index (χ1) is 11.3.